The number of rotatable bonds is 4. The molecule has 0 aliphatic carbocycles. The number of carbonyl (C=O) groups is 1. The number of aryl methyl sites for hydroxylation is 1. The fourth-order valence-electron chi connectivity index (χ4n) is 1.26. The summed E-state index contributed by atoms with van der Waals surface area (Å²) in [5, 5.41) is 8.53. The van der Waals surface area contributed by atoms with E-state index in [0.29, 0.717) is 23.7 Å². The van der Waals surface area contributed by atoms with Crippen molar-refractivity contribution >= 4 is 5.97 Å². The van der Waals surface area contributed by atoms with Crippen LogP contribution in [-0.4, -0.2) is 21.0 Å². The van der Waals surface area contributed by atoms with Gasteiger partial charge in [0.1, 0.15) is 12.0 Å². The van der Waals surface area contributed by atoms with Crippen molar-refractivity contribution in [2.75, 3.05) is 0 Å². The minimum atomic E-state index is -0.845. The van der Waals surface area contributed by atoms with Gasteiger partial charge in [-0.15, -0.1) is 0 Å². The average Bonchev–Trinajstić information content (AvgIpc) is 2.76. The van der Waals surface area contributed by atoms with Crippen LogP contribution in [0, 0.1) is 0 Å². The van der Waals surface area contributed by atoms with Gasteiger partial charge in [0.05, 0.1) is 12.1 Å². The highest BCUT2D eigenvalue weighted by Gasteiger charge is 2.08. The number of aromatic nitrogens is 2. The number of carboxylic acids is 1. The molecule has 2 heterocycles. The highest BCUT2D eigenvalue weighted by Crippen LogP contribution is 2.15. The van der Waals surface area contributed by atoms with E-state index in [4.69, 9.17) is 9.52 Å². The summed E-state index contributed by atoms with van der Waals surface area (Å²) in [5.41, 5.74) is 1.27. The zero-order valence-electron chi connectivity index (χ0n) is 8.46. The van der Waals surface area contributed by atoms with E-state index in [-0.39, 0.29) is 6.42 Å². The molecule has 0 aromatic carbocycles. The maximum absolute atomic E-state index is 10.4. The smallest absolute Gasteiger partial charge is 0.303 e. The number of hydrogen-bond acceptors (Lipinski definition) is 4. The summed E-state index contributed by atoms with van der Waals surface area (Å²) in [5.74, 6) is -0.427. The molecule has 0 aliphatic rings. The Kier molecular flexibility index (Phi) is 2.95. The zero-order valence-corrected chi connectivity index (χ0v) is 8.46. The van der Waals surface area contributed by atoms with Crippen molar-refractivity contribution in [1.82, 2.24) is 9.97 Å². The van der Waals surface area contributed by atoms with Crippen molar-refractivity contribution in [2.45, 2.75) is 12.8 Å². The topological polar surface area (TPSA) is 76.2 Å². The molecule has 0 fully saturated rings. The third-order valence-electron chi connectivity index (χ3n) is 2.03. The Labute approximate surface area is 91.8 Å². The largest absolute Gasteiger partial charge is 0.481 e. The Hall–Kier alpha value is -2.17. The van der Waals surface area contributed by atoms with Crippen molar-refractivity contribution in [2.24, 2.45) is 0 Å². The molecular weight excluding hydrogens is 208 g/mol. The quantitative estimate of drug-likeness (QED) is 0.846. The minimum Gasteiger partial charge on any atom is -0.481 e. The van der Waals surface area contributed by atoms with Crippen LogP contribution in [0.4, 0.5) is 0 Å². The van der Waals surface area contributed by atoms with Gasteiger partial charge >= 0.3 is 5.97 Å². The van der Waals surface area contributed by atoms with Crippen LogP contribution in [0.2, 0.25) is 0 Å². The molecule has 0 spiro atoms. The summed E-state index contributed by atoms with van der Waals surface area (Å²) in [6, 6.07) is 5.42. The third-order valence-corrected chi connectivity index (χ3v) is 2.03. The van der Waals surface area contributed by atoms with Crippen LogP contribution in [0.25, 0.3) is 11.6 Å². The summed E-state index contributed by atoms with van der Waals surface area (Å²) in [6.45, 7) is 0. The van der Waals surface area contributed by atoms with E-state index in [1.165, 1.54) is 6.26 Å². The Morgan fingerprint density at radius 2 is 2.31 bits per heavy atom. The molecule has 0 atom stereocenters. The van der Waals surface area contributed by atoms with Gasteiger partial charge in [-0.1, -0.05) is 6.07 Å². The standard InChI is InChI=1S/C11H10N2O3/c14-10(15)5-4-8-7-16-11(13-8)9-3-1-2-6-12-9/h1-3,6-7H,4-5H2,(H,14,15). The van der Waals surface area contributed by atoms with Crippen molar-refractivity contribution in [3.05, 3.63) is 36.4 Å². The Morgan fingerprint density at radius 3 is 3.00 bits per heavy atom. The first-order valence-corrected chi connectivity index (χ1v) is 4.83. The predicted molar refractivity (Wildman–Crippen MR) is 55.7 cm³/mol. The molecule has 2 rings (SSSR count). The lowest BCUT2D eigenvalue weighted by molar-refractivity contribution is -0.136. The summed E-state index contributed by atoms with van der Waals surface area (Å²) in [6.07, 6.45) is 3.53. The average molecular weight is 218 g/mol. The second kappa shape index (κ2) is 4.57. The third kappa shape index (κ3) is 2.44. The maximum Gasteiger partial charge on any atom is 0.303 e. The second-order valence-corrected chi connectivity index (χ2v) is 3.25. The van der Waals surface area contributed by atoms with Gasteiger partial charge in [-0.3, -0.25) is 9.78 Å². The van der Waals surface area contributed by atoms with E-state index >= 15 is 0 Å². The molecule has 0 amide bonds. The fourth-order valence-corrected chi connectivity index (χ4v) is 1.26. The van der Waals surface area contributed by atoms with E-state index in [1.807, 2.05) is 6.07 Å². The minimum absolute atomic E-state index is 0.0498. The first-order chi connectivity index (χ1) is 7.75. The molecule has 2 aromatic rings. The molecule has 0 saturated carbocycles. The van der Waals surface area contributed by atoms with Crippen molar-refractivity contribution in [1.29, 1.82) is 0 Å². The monoisotopic (exact) mass is 218 g/mol. The van der Waals surface area contributed by atoms with E-state index in [1.54, 1.807) is 18.3 Å². The Bertz CT molecular complexity index is 479. The van der Waals surface area contributed by atoms with Crippen molar-refractivity contribution < 1.29 is 14.3 Å². The summed E-state index contributed by atoms with van der Waals surface area (Å²) in [7, 11) is 0. The molecule has 0 saturated heterocycles. The van der Waals surface area contributed by atoms with Crippen LogP contribution in [-0.2, 0) is 11.2 Å². The van der Waals surface area contributed by atoms with Gasteiger partial charge in [0.2, 0.25) is 5.89 Å². The normalized spacial score (nSPS) is 10.2. The number of hydrogen-bond donors (Lipinski definition) is 1. The summed E-state index contributed by atoms with van der Waals surface area (Å²) < 4.78 is 5.22. The number of oxazole rings is 1. The number of nitrogens with zero attached hydrogens (tertiary/aromatic N) is 2. The van der Waals surface area contributed by atoms with Gasteiger partial charge in [0.15, 0.2) is 0 Å². The second-order valence-electron chi connectivity index (χ2n) is 3.25. The van der Waals surface area contributed by atoms with Gasteiger partial charge in [0, 0.05) is 12.6 Å². The van der Waals surface area contributed by atoms with Crippen LogP contribution in [0.15, 0.2) is 35.1 Å². The summed E-state index contributed by atoms with van der Waals surface area (Å²) >= 11 is 0. The lowest BCUT2D eigenvalue weighted by atomic mass is 10.2. The van der Waals surface area contributed by atoms with Gasteiger partial charge in [0.25, 0.3) is 0 Å². The van der Waals surface area contributed by atoms with Crippen molar-refractivity contribution in [3.8, 4) is 11.6 Å². The molecule has 1 N–H and O–H groups in total. The van der Waals surface area contributed by atoms with Gasteiger partial charge in [-0.05, 0) is 12.1 Å². The van der Waals surface area contributed by atoms with Crippen molar-refractivity contribution in [3.63, 3.8) is 0 Å². The molecule has 0 radical (unpaired) electrons. The van der Waals surface area contributed by atoms with Crippen LogP contribution in [0.1, 0.15) is 12.1 Å². The summed E-state index contributed by atoms with van der Waals surface area (Å²) in [4.78, 5) is 18.6. The van der Waals surface area contributed by atoms with Gasteiger partial charge in [-0.2, -0.15) is 0 Å². The molecule has 5 heteroatoms. The highest BCUT2D eigenvalue weighted by atomic mass is 16.4. The van der Waals surface area contributed by atoms with Crippen LogP contribution < -0.4 is 0 Å². The van der Waals surface area contributed by atoms with Gasteiger partial charge < -0.3 is 9.52 Å². The molecule has 0 aliphatic heterocycles. The Balaban J connectivity index is 2.11. The maximum atomic E-state index is 10.4. The predicted octanol–water partition coefficient (Wildman–Crippen LogP) is 1.75. The first-order valence-electron chi connectivity index (χ1n) is 4.83. The zero-order chi connectivity index (χ0) is 11.4. The molecule has 0 bridgehead atoms. The molecular formula is C11H10N2O3. The van der Waals surface area contributed by atoms with E-state index < -0.39 is 5.97 Å². The molecule has 2 aromatic heterocycles. The van der Waals surface area contributed by atoms with Crippen LogP contribution in [0.3, 0.4) is 0 Å². The number of pyridine rings is 1. The van der Waals surface area contributed by atoms with E-state index in [2.05, 4.69) is 9.97 Å². The number of carboxylic acid groups (broad SMARTS) is 1. The van der Waals surface area contributed by atoms with E-state index in [9.17, 15) is 4.79 Å². The van der Waals surface area contributed by atoms with Gasteiger partial charge in [-0.25, -0.2) is 4.98 Å². The lowest BCUT2D eigenvalue weighted by Crippen LogP contribution is -1.97. The first kappa shape index (κ1) is 10.4. The van der Waals surface area contributed by atoms with E-state index in [0.717, 1.165) is 0 Å². The molecule has 82 valence electrons. The number of aliphatic carboxylic acids is 1. The molecule has 0 unspecified atom stereocenters. The lowest BCUT2D eigenvalue weighted by Gasteiger charge is -1.91. The fraction of sp³-hybridized carbons (Fsp3) is 0.182. The Morgan fingerprint density at radius 1 is 1.44 bits per heavy atom. The molecule has 5 nitrogen and oxygen atoms in total. The molecule has 16 heavy (non-hydrogen) atoms. The van der Waals surface area contributed by atoms with Crippen LogP contribution >= 0.6 is 0 Å². The highest BCUT2D eigenvalue weighted by molar-refractivity contribution is 5.67. The van der Waals surface area contributed by atoms with Crippen LogP contribution in [0.5, 0.6) is 0 Å². The SMILES string of the molecule is O=C(O)CCc1coc(-c2ccccn2)n1.